The lowest BCUT2D eigenvalue weighted by atomic mass is 10.1. The Hall–Kier alpha value is -0.820. The van der Waals surface area contributed by atoms with Crippen LogP contribution in [-0.4, -0.2) is 48.3 Å². The molecular formula is C11H17F3N2O2. The third-order valence-electron chi connectivity index (χ3n) is 3.27. The molecule has 18 heavy (non-hydrogen) atoms. The van der Waals surface area contributed by atoms with Crippen molar-refractivity contribution in [3.05, 3.63) is 0 Å². The first-order valence-electron chi connectivity index (χ1n) is 6.13. The maximum absolute atomic E-state index is 12.4. The number of amides is 1. The Labute approximate surface area is 103 Å². The van der Waals surface area contributed by atoms with Gasteiger partial charge in [-0.3, -0.25) is 4.79 Å². The van der Waals surface area contributed by atoms with Crippen molar-refractivity contribution in [1.29, 1.82) is 0 Å². The van der Waals surface area contributed by atoms with Crippen LogP contribution in [0.25, 0.3) is 0 Å². The van der Waals surface area contributed by atoms with Gasteiger partial charge in [0.1, 0.15) is 12.6 Å². The number of nitrogens with zero attached hydrogens (tertiary/aromatic N) is 1. The molecule has 2 N–H and O–H groups in total. The van der Waals surface area contributed by atoms with Crippen LogP contribution in [-0.2, 0) is 9.53 Å². The minimum absolute atomic E-state index is 0.203. The van der Waals surface area contributed by atoms with E-state index in [-0.39, 0.29) is 12.1 Å². The predicted molar refractivity (Wildman–Crippen MR) is 57.7 cm³/mol. The van der Waals surface area contributed by atoms with Crippen LogP contribution in [0.1, 0.15) is 25.7 Å². The maximum atomic E-state index is 12.4. The molecule has 1 saturated heterocycles. The average Bonchev–Trinajstić information content (AvgIpc) is 3.01. The van der Waals surface area contributed by atoms with Crippen molar-refractivity contribution >= 4 is 5.91 Å². The summed E-state index contributed by atoms with van der Waals surface area (Å²) in [5.41, 5.74) is 5.42. The van der Waals surface area contributed by atoms with E-state index < -0.39 is 24.7 Å². The van der Waals surface area contributed by atoms with Crippen molar-refractivity contribution in [2.24, 2.45) is 5.73 Å². The molecule has 1 amide bonds. The molecule has 1 saturated carbocycles. The molecule has 1 aliphatic carbocycles. The molecule has 2 unspecified atom stereocenters. The second kappa shape index (κ2) is 5.05. The zero-order valence-corrected chi connectivity index (χ0v) is 9.95. The summed E-state index contributed by atoms with van der Waals surface area (Å²) in [6, 6.07) is -0.264. The second-order valence-electron chi connectivity index (χ2n) is 4.87. The molecule has 0 bridgehead atoms. The van der Waals surface area contributed by atoms with Gasteiger partial charge >= 0.3 is 6.18 Å². The van der Waals surface area contributed by atoms with E-state index in [4.69, 9.17) is 10.5 Å². The zero-order chi connectivity index (χ0) is 13.3. The van der Waals surface area contributed by atoms with Crippen LogP contribution in [0.2, 0.25) is 0 Å². The molecule has 0 radical (unpaired) electrons. The summed E-state index contributed by atoms with van der Waals surface area (Å²) < 4.78 is 42.7. The standard InChI is InChI=1S/C11H17F3N2O2/c12-11(13,14)6-16(7-1-2-7)10(17)9-4-3-8(5-15)18-9/h7-9H,1-6,15H2. The minimum atomic E-state index is -4.36. The number of ether oxygens (including phenoxy) is 1. The van der Waals surface area contributed by atoms with Gasteiger partial charge in [0.05, 0.1) is 6.10 Å². The fourth-order valence-corrected chi connectivity index (χ4v) is 2.21. The van der Waals surface area contributed by atoms with E-state index in [0.29, 0.717) is 32.2 Å². The molecule has 0 spiro atoms. The maximum Gasteiger partial charge on any atom is 0.406 e. The molecule has 2 aliphatic rings. The Kier molecular flexibility index (Phi) is 3.82. The first-order chi connectivity index (χ1) is 8.40. The summed E-state index contributed by atoms with van der Waals surface area (Å²) in [4.78, 5) is 12.9. The number of rotatable bonds is 4. The third kappa shape index (κ3) is 3.35. The Morgan fingerprint density at radius 3 is 2.39 bits per heavy atom. The summed E-state index contributed by atoms with van der Waals surface area (Å²) in [5, 5.41) is 0. The van der Waals surface area contributed by atoms with Crippen LogP contribution in [0.15, 0.2) is 0 Å². The highest BCUT2D eigenvalue weighted by Gasteiger charge is 2.44. The Bertz CT molecular complexity index is 318. The topological polar surface area (TPSA) is 55.6 Å². The van der Waals surface area contributed by atoms with E-state index in [2.05, 4.69) is 0 Å². The van der Waals surface area contributed by atoms with Gasteiger partial charge in [-0.2, -0.15) is 13.2 Å². The van der Waals surface area contributed by atoms with Crippen molar-refractivity contribution in [1.82, 2.24) is 4.90 Å². The van der Waals surface area contributed by atoms with Gasteiger partial charge in [0.2, 0.25) is 0 Å². The Balaban J connectivity index is 1.96. The predicted octanol–water partition coefficient (Wildman–Crippen LogP) is 1.05. The lowest BCUT2D eigenvalue weighted by Crippen LogP contribution is -2.45. The van der Waals surface area contributed by atoms with Crippen LogP contribution in [0.3, 0.4) is 0 Å². The normalized spacial score (nSPS) is 28.4. The molecule has 2 rings (SSSR count). The number of nitrogens with two attached hydrogens (primary N) is 1. The third-order valence-corrected chi connectivity index (χ3v) is 3.27. The summed E-state index contributed by atoms with van der Waals surface area (Å²) in [6.07, 6.45) is -2.92. The molecule has 2 atom stereocenters. The van der Waals surface area contributed by atoms with Gasteiger partial charge in [-0.05, 0) is 25.7 Å². The van der Waals surface area contributed by atoms with Gasteiger partial charge in [0, 0.05) is 12.6 Å². The summed E-state index contributed by atoms with van der Waals surface area (Å²) in [7, 11) is 0. The number of halogens is 3. The van der Waals surface area contributed by atoms with Crippen LogP contribution in [0, 0.1) is 0 Å². The minimum Gasteiger partial charge on any atom is -0.364 e. The van der Waals surface area contributed by atoms with Gasteiger partial charge in [0.25, 0.3) is 5.91 Å². The molecular weight excluding hydrogens is 249 g/mol. The smallest absolute Gasteiger partial charge is 0.364 e. The SMILES string of the molecule is NCC1CCC(C(=O)N(CC(F)(F)F)C2CC2)O1. The van der Waals surface area contributed by atoms with Crippen LogP contribution in [0.5, 0.6) is 0 Å². The summed E-state index contributed by atoms with van der Waals surface area (Å²) in [5.74, 6) is -0.536. The average molecular weight is 266 g/mol. The van der Waals surface area contributed by atoms with Crippen molar-refractivity contribution in [3.63, 3.8) is 0 Å². The second-order valence-corrected chi connectivity index (χ2v) is 4.87. The zero-order valence-electron chi connectivity index (χ0n) is 9.95. The first-order valence-corrected chi connectivity index (χ1v) is 6.13. The van der Waals surface area contributed by atoms with Crippen molar-refractivity contribution in [2.75, 3.05) is 13.1 Å². The molecule has 0 aromatic heterocycles. The van der Waals surface area contributed by atoms with Gasteiger partial charge in [-0.1, -0.05) is 0 Å². The summed E-state index contributed by atoms with van der Waals surface area (Å²) in [6.45, 7) is -0.879. The van der Waals surface area contributed by atoms with Crippen molar-refractivity contribution in [2.45, 2.75) is 50.1 Å². The molecule has 1 heterocycles. The van der Waals surface area contributed by atoms with Gasteiger partial charge in [0.15, 0.2) is 0 Å². The fourth-order valence-electron chi connectivity index (χ4n) is 2.21. The fraction of sp³-hybridized carbons (Fsp3) is 0.909. The van der Waals surface area contributed by atoms with Crippen LogP contribution >= 0.6 is 0 Å². The number of carbonyl (C=O) groups excluding carboxylic acids is 1. The van der Waals surface area contributed by atoms with Crippen LogP contribution < -0.4 is 5.73 Å². The van der Waals surface area contributed by atoms with Gasteiger partial charge < -0.3 is 15.4 Å². The van der Waals surface area contributed by atoms with E-state index >= 15 is 0 Å². The molecule has 1 aliphatic heterocycles. The van der Waals surface area contributed by atoms with Crippen molar-refractivity contribution < 1.29 is 22.7 Å². The largest absolute Gasteiger partial charge is 0.406 e. The van der Waals surface area contributed by atoms with Crippen molar-refractivity contribution in [3.8, 4) is 0 Å². The highest BCUT2D eigenvalue weighted by molar-refractivity contribution is 5.82. The first kappa shape index (κ1) is 13.6. The lowest BCUT2D eigenvalue weighted by molar-refractivity contribution is -0.169. The molecule has 7 heteroatoms. The van der Waals surface area contributed by atoms with Crippen LogP contribution in [0.4, 0.5) is 13.2 Å². The quantitative estimate of drug-likeness (QED) is 0.827. The summed E-state index contributed by atoms with van der Waals surface area (Å²) >= 11 is 0. The lowest BCUT2D eigenvalue weighted by Gasteiger charge is -2.26. The Morgan fingerprint density at radius 1 is 1.28 bits per heavy atom. The Morgan fingerprint density at radius 2 is 1.94 bits per heavy atom. The van der Waals surface area contributed by atoms with E-state index in [1.165, 1.54) is 0 Å². The molecule has 104 valence electrons. The number of hydrogen-bond acceptors (Lipinski definition) is 3. The highest BCUT2D eigenvalue weighted by Crippen LogP contribution is 2.32. The highest BCUT2D eigenvalue weighted by atomic mass is 19.4. The van der Waals surface area contributed by atoms with Gasteiger partial charge in [-0.25, -0.2) is 0 Å². The van der Waals surface area contributed by atoms with Gasteiger partial charge in [-0.15, -0.1) is 0 Å². The van der Waals surface area contributed by atoms with E-state index in [1.807, 2.05) is 0 Å². The van der Waals surface area contributed by atoms with E-state index in [1.54, 1.807) is 0 Å². The number of alkyl halides is 3. The molecule has 0 aromatic rings. The van der Waals surface area contributed by atoms with E-state index in [9.17, 15) is 18.0 Å². The number of hydrogen-bond donors (Lipinski definition) is 1. The van der Waals surface area contributed by atoms with E-state index in [0.717, 1.165) is 4.90 Å². The molecule has 2 fully saturated rings. The molecule has 4 nitrogen and oxygen atoms in total. The monoisotopic (exact) mass is 266 g/mol. The molecule has 0 aromatic carbocycles. The number of carbonyl (C=O) groups is 1.